The molecule has 0 aliphatic carbocycles. The Bertz CT molecular complexity index is 573. The van der Waals surface area contributed by atoms with Crippen LogP contribution < -0.4 is 10.6 Å². The number of amides is 2. The maximum absolute atomic E-state index is 11.8. The molecular formula is C14H18ClN5O. The predicted octanol–water partition coefficient (Wildman–Crippen LogP) is 2.38. The molecule has 0 saturated carbocycles. The van der Waals surface area contributed by atoms with Crippen LogP contribution in [0.2, 0.25) is 5.02 Å². The molecule has 1 unspecified atom stereocenters. The standard InChI is InChI=1S/C14H18ClN5O/c1-11(12-4-2-5-13(15)8-12)19-14(21)17-6-3-7-20-10-16-9-18-20/h2,4-5,8-11H,3,6-7H2,1H3,(H2,17,19,21). The lowest BCUT2D eigenvalue weighted by Gasteiger charge is -2.15. The van der Waals surface area contributed by atoms with E-state index >= 15 is 0 Å². The van der Waals surface area contributed by atoms with Crippen molar-refractivity contribution in [1.29, 1.82) is 0 Å². The fourth-order valence-corrected chi connectivity index (χ4v) is 2.10. The minimum Gasteiger partial charge on any atom is -0.338 e. The van der Waals surface area contributed by atoms with Crippen molar-refractivity contribution in [3.8, 4) is 0 Å². The smallest absolute Gasteiger partial charge is 0.315 e. The number of hydrogen-bond acceptors (Lipinski definition) is 3. The normalized spacial score (nSPS) is 11.9. The van der Waals surface area contributed by atoms with Crippen molar-refractivity contribution in [1.82, 2.24) is 25.4 Å². The van der Waals surface area contributed by atoms with E-state index in [4.69, 9.17) is 11.6 Å². The van der Waals surface area contributed by atoms with Gasteiger partial charge in [-0.2, -0.15) is 5.10 Å². The second kappa shape index (κ2) is 7.64. The first-order valence-electron chi connectivity index (χ1n) is 6.77. The summed E-state index contributed by atoms with van der Waals surface area (Å²) in [5, 5.41) is 10.3. The highest BCUT2D eigenvalue weighted by Crippen LogP contribution is 2.16. The number of carbonyl (C=O) groups excluding carboxylic acids is 1. The van der Waals surface area contributed by atoms with Gasteiger partial charge in [0.05, 0.1) is 6.04 Å². The second-order valence-corrected chi connectivity index (χ2v) is 5.13. The van der Waals surface area contributed by atoms with Crippen LogP contribution >= 0.6 is 11.6 Å². The van der Waals surface area contributed by atoms with E-state index in [1.165, 1.54) is 6.33 Å². The van der Waals surface area contributed by atoms with E-state index < -0.39 is 0 Å². The maximum Gasteiger partial charge on any atom is 0.315 e. The molecule has 112 valence electrons. The first kappa shape index (κ1) is 15.3. The van der Waals surface area contributed by atoms with Crippen molar-refractivity contribution in [3.63, 3.8) is 0 Å². The summed E-state index contributed by atoms with van der Waals surface area (Å²) < 4.78 is 1.73. The first-order chi connectivity index (χ1) is 10.1. The molecule has 2 amide bonds. The summed E-state index contributed by atoms with van der Waals surface area (Å²) in [5.74, 6) is 0. The van der Waals surface area contributed by atoms with Crippen molar-refractivity contribution < 1.29 is 4.79 Å². The Hall–Kier alpha value is -2.08. The van der Waals surface area contributed by atoms with Gasteiger partial charge in [-0.1, -0.05) is 23.7 Å². The van der Waals surface area contributed by atoms with Crippen molar-refractivity contribution in [2.24, 2.45) is 0 Å². The number of hydrogen-bond donors (Lipinski definition) is 2. The van der Waals surface area contributed by atoms with Gasteiger partial charge in [-0.3, -0.25) is 4.68 Å². The summed E-state index contributed by atoms with van der Waals surface area (Å²) in [4.78, 5) is 15.6. The van der Waals surface area contributed by atoms with Gasteiger partial charge in [0.25, 0.3) is 0 Å². The number of rotatable bonds is 6. The van der Waals surface area contributed by atoms with Crippen molar-refractivity contribution in [2.75, 3.05) is 6.54 Å². The van der Waals surface area contributed by atoms with Gasteiger partial charge >= 0.3 is 6.03 Å². The van der Waals surface area contributed by atoms with Gasteiger partial charge in [-0.05, 0) is 31.0 Å². The SMILES string of the molecule is CC(NC(=O)NCCCn1cncn1)c1cccc(Cl)c1. The zero-order valence-corrected chi connectivity index (χ0v) is 12.5. The minimum atomic E-state index is -0.193. The summed E-state index contributed by atoms with van der Waals surface area (Å²) in [5.41, 5.74) is 0.972. The summed E-state index contributed by atoms with van der Waals surface area (Å²) in [6.07, 6.45) is 3.94. The molecule has 1 atom stereocenters. The van der Waals surface area contributed by atoms with Crippen LogP contribution in [0.25, 0.3) is 0 Å². The van der Waals surface area contributed by atoms with E-state index in [0.717, 1.165) is 18.5 Å². The van der Waals surface area contributed by atoms with E-state index in [1.807, 2.05) is 31.2 Å². The van der Waals surface area contributed by atoms with Crippen molar-refractivity contribution in [2.45, 2.75) is 25.9 Å². The van der Waals surface area contributed by atoms with E-state index in [2.05, 4.69) is 20.7 Å². The average Bonchev–Trinajstić information content (AvgIpc) is 2.97. The fourth-order valence-electron chi connectivity index (χ4n) is 1.90. The predicted molar refractivity (Wildman–Crippen MR) is 81.0 cm³/mol. The van der Waals surface area contributed by atoms with Gasteiger partial charge in [0.2, 0.25) is 0 Å². The molecule has 0 bridgehead atoms. The minimum absolute atomic E-state index is 0.0981. The van der Waals surface area contributed by atoms with Crippen LogP contribution in [0.5, 0.6) is 0 Å². The fraction of sp³-hybridized carbons (Fsp3) is 0.357. The molecule has 1 heterocycles. The third-order valence-corrected chi connectivity index (χ3v) is 3.25. The van der Waals surface area contributed by atoms with Crippen LogP contribution in [0.15, 0.2) is 36.9 Å². The van der Waals surface area contributed by atoms with Crippen LogP contribution in [0.3, 0.4) is 0 Å². The number of aryl methyl sites for hydroxylation is 1. The molecule has 0 radical (unpaired) electrons. The lowest BCUT2D eigenvalue weighted by Crippen LogP contribution is -2.37. The van der Waals surface area contributed by atoms with Gasteiger partial charge < -0.3 is 10.6 Å². The molecule has 1 aromatic heterocycles. The lowest BCUT2D eigenvalue weighted by atomic mass is 10.1. The van der Waals surface area contributed by atoms with Crippen LogP contribution in [0.4, 0.5) is 4.79 Å². The maximum atomic E-state index is 11.8. The van der Waals surface area contributed by atoms with Gasteiger partial charge in [0, 0.05) is 18.1 Å². The summed E-state index contributed by atoms with van der Waals surface area (Å²) >= 11 is 5.94. The second-order valence-electron chi connectivity index (χ2n) is 4.69. The first-order valence-corrected chi connectivity index (χ1v) is 7.15. The van der Waals surface area contributed by atoms with E-state index in [1.54, 1.807) is 11.0 Å². The topological polar surface area (TPSA) is 71.8 Å². The number of urea groups is 1. The number of carbonyl (C=O) groups is 1. The van der Waals surface area contributed by atoms with Gasteiger partial charge in [-0.25, -0.2) is 9.78 Å². The lowest BCUT2D eigenvalue weighted by molar-refractivity contribution is 0.237. The van der Waals surface area contributed by atoms with Crippen LogP contribution in [0, 0.1) is 0 Å². The molecule has 0 fully saturated rings. The van der Waals surface area contributed by atoms with Gasteiger partial charge in [-0.15, -0.1) is 0 Å². The number of nitrogens with zero attached hydrogens (tertiary/aromatic N) is 3. The molecule has 1 aromatic carbocycles. The van der Waals surface area contributed by atoms with Crippen LogP contribution in [-0.2, 0) is 6.54 Å². The molecule has 0 aliphatic rings. The Balaban J connectivity index is 1.69. The third kappa shape index (κ3) is 5.07. The van der Waals surface area contributed by atoms with Crippen molar-refractivity contribution in [3.05, 3.63) is 47.5 Å². The molecule has 6 nitrogen and oxygen atoms in total. The highest BCUT2D eigenvalue weighted by molar-refractivity contribution is 6.30. The Morgan fingerprint density at radius 2 is 2.33 bits per heavy atom. The Kier molecular flexibility index (Phi) is 5.57. The van der Waals surface area contributed by atoms with Gasteiger partial charge in [0.1, 0.15) is 12.7 Å². The number of halogens is 1. The van der Waals surface area contributed by atoms with Crippen LogP contribution in [-0.4, -0.2) is 27.3 Å². The Labute approximate surface area is 128 Å². The third-order valence-electron chi connectivity index (χ3n) is 3.01. The molecule has 2 N–H and O–H groups in total. The number of aromatic nitrogens is 3. The van der Waals surface area contributed by atoms with E-state index in [9.17, 15) is 4.79 Å². The van der Waals surface area contributed by atoms with Gasteiger partial charge in [0.15, 0.2) is 0 Å². The monoisotopic (exact) mass is 307 g/mol. The van der Waals surface area contributed by atoms with E-state index in [-0.39, 0.29) is 12.1 Å². The molecule has 0 aliphatic heterocycles. The van der Waals surface area contributed by atoms with Crippen LogP contribution in [0.1, 0.15) is 24.9 Å². The molecule has 7 heteroatoms. The quantitative estimate of drug-likeness (QED) is 0.805. The van der Waals surface area contributed by atoms with Crippen molar-refractivity contribution >= 4 is 17.6 Å². The summed E-state index contributed by atoms with van der Waals surface area (Å²) in [7, 11) is 0. The molecule has 2 aromatic rings. The Morgan fingerprint density at radius 1 is 1.48 bits per heavy atom. The molecule has 0 spiro atoms. The highest BCUT2D eigenvalue weighted by atomic mass is 35.5. The summed E-state index contributed by atoms with van der Waals surface area (Å²) in [6, 6.07) is 7.16. The largest absolute Gasteiger partial charge is 0.338 e. The molecule has 2 rings (SSSR count). The number of nitrogens with one attached hydrogen (secondary N) is 2. The molecular weight excluding hydrogens is 290 g/mol. The Morgan fingerprint density at radius 3 is 3.05 bits per heavy atom. The molecule has 0 saturated heterocycles. The zero-order valence-electron chi connectivity index (χ0n) is 11.8. The average molecular weight is 308 g/mol. The summed E-state index contributed by atoms with van der Waals surface area (Å²) in [6.45, 7) is 3.22. The highest BCUT2D eigenvalue weighted by Gasteiger charge is 2.09. The number of benzene rings is 1. The molecule has 21 heavy (non-hydrogen) atoms. The van der Waals surface area contributed by atoms with E-state index in [0.29, 0.717) is 11.6 Å². The zero-order chi connectivity index (χ0) is 15.1.